The van der Waals surface area contributed by atoms with E-state index in [-0.39, 0.29) is 0 Å². The van der Waals surface area contributed by atoms with Crippen molar-refractivity contribution in [1.82, 2.24) is 0 Å². The molecule has 0 amide bonds. The summed E-state index contributed by atoms with van der Waals surface area (Å²) < 4.78 is 0. The Labute approximate surface area is 96.7 Å². The van der Waals surface area contributed by atoms with Crippen molar-refractivity contribution < 1.29 is 19.6 Å². The van der Waals surface area contributed by atoms with Crippen molar-refractivity contribution in [2.24, 2.45) is 0 Å². The Balaban J connectivity index is 3.77. The van der Waals surface area contributed by atoms with Gasteiger partial charge in [-0.25, -0.2) is 4.79 Å². The van der Waals surface area contributed by atoms with Gasteiger partial charge in [-0.05, 0) is 32.2 Å². The average molecular weight is 228 g/mol. The first-order valence-electron chi connectivity index (χ1n) is 5.37. The molecule has 0 aromatic rings. The molecule has 4 heteroatoms. The third-order valence-corrected chi connectivity index (χ3v) is 1.76. The highest BCUT2D eigenvalue weighted by molar-refractivity contribution is 5.81. The van der Waals surface area contributed by atoms with Gasteiger partial charge in [-0.1, -0.05) is 31.6 Å². The first-order valence-corrected chi connectivity index (χ1v) is 5.37. The van der Waals surface area contributed by atoms with E-state index < -0.39 is 11.6 Å². The fourth-order valence-electron chi connectivity index (χ4n) is 1.06. The van der Waals surface area contributed by atoms with Crippen LogP contribution in [0.25, 0.3) is 0 Å². The molecule has 0 N–H and O–H groups in total. The van der Waals surface area contributed by atoms with Gasteiger partial charge in [-0.15, -0.1) is 0 Å². The third-order valence-electron chi connectivity index (χ3n) is 1.76. The maximum absolute atomic E-state index is 11.0. The highest BCUT2D eigenvalue weighted by atomic mass is 17.5. The zero-order valence-corrected chi connectivity index (χ0v) is 10.4. The minimum atomic E-state index is -0.606. The van der Waals surface area contributed by atoms with Gasteiger partial charge in [0.05, 0.1) is 0 Å². The van der Waals surface area contributed by atoms with Crippen LogP contribution in [-0.4, -0.2) is 11.6 Å². The van der Waals surface area contributed by atoms with Crippen LogP contribution < -0.4 is 0 Å². The van der Waals surface area contributed by atoms with Gasteiger partial charge in [-0.3, -0.25) is 4.89 Å². The van der Waals surface area contributed by atoms with Crippen molar-refractivity contribution in [3.63, 3.8) is 0 Å². The van der Waals surface area contributed by atoms with Crippen LogP contribution in [-0.2, 0) is 19.6 Å². The first-order chi connectivity index (χ1) is 7.52. The molecular weight excluding hydrogens is 208 g/mol. The van der Waals surface area contributed by atoms with E-state index >= 15 is 0 Å². The summed E-state index contributed by atoms with van der Waals surface area (Å²) in [5.74, 6) is -0.606. The Morgan fingerprint density at radius 3 is 2.56 bits per heavy atom. The SMILES string of the molecule is C/C=C/C=C/C(=O)OOOC(C)(C)CCC. The van der Waals surface area contributed by atoms with Crippen molar-refractivity contribution in [3.8, 4) is 0 Å². The molecule has 0 atom stereocenters. The molecule has 0 radical (unpaired) electrons. The maximum atomic E-state index is 11.0. The van der Waals surface area contributed by atoms with E-state index in [0.29, 0.717) is 0 Å². The quantitative estimate of drug-likeness (QED) is 0.291. The number of carbonyl (C=O) groups excluding carboxylic acids is 1. The highest BCUT2D eigenvalue weighted by Gasteiger charge is 2.19. The minimum Gasteiger partial charge on any atom is -0.264 e. The van der Waals surface area contributed by atoms with Crippen LogP contribution in [0.4, 0.5) is 0 Å². The van der Waals surface area contributed by atoms with Crippen LogP contribution >= 0.6 is 0 Å². The lowest BCUT2D eigenvalue weighted by atomic mass is 10.0. The van der Waals surface area contributed by atoms with Crippen molar-refractivity contribution in [3.05, 3.63) is 24.3 Å². The van der Waals surface area contributed by atoms with Gasteiger partial charge < -0.3 is 0 Å². The molecule has 0 unspecified atom stereocenters. The summed E-state index contributed by atoms with van der Waals surface area (Å²) in [4.78, 5) is 20.4. The number of allylic oxidation sites excluding steroid dienone is 3. The lowest BCUT2D eigenvalue weighted by molar-refractivity contribution is -0.515. The second kappa shape index (κ2) is 8.07. The van der Waals surface area contributed by atoms with Crippen LogP contribution in [0.15, 0.2) is 24.3 Å². The molecule has 4 nitrogen and oxygen atoms in total. The number of carbonyl (C=O) groups is 1. The number of hydrogen-bond donors (Lipinski definition) is 0. The van der Waals surface area contributed by atoms with Crippen LogP contribution in [0.5, 0.6) is 0 Å². The van der Waals surface area contributed by atoms with E-state index in [2.05, 4.69) is 9.93 Å². The van der Waals surface area contributed by atoms with Gasteiger partial charge in [0.15, 0.2) is 0 Å². The lowest BCUT2D eigenvalue weighted by Gasteiger charge is -2.20. The van der Waals surface area contributed by atoms with E-state index in [4.69, 9.17) is 4.89 Å². The molecule has 0 aromatic carbocycles. The van der Waals surface area contributed by atoms with E-state index in [1.54, 1.807) is 18.2 Å². The Kier molecular flexibility index (Phi) is 7.50. The zero-order valence-electron chi connectivity index (χ0n) is 10.4. The monoisotopic (exact) mass is 228 g/mol. The van der Waals surface area contributed by atoms with Gasteiger partial charge in [0.1, 0.15) is 5.60 Å². The minimum absolute atomic E-state index is 0.456. The summed E-state index contributed by atoms with van der Waals surface area (Å²) in [6, 6.07) is 0. The van der Waals surface area contributed by atoms with Gasteiger partial charge in [0, 0.05) is 6.08 Å². The van der Waals surface area contributed by atoms with Gasteiger partial charge in [0.25, 0.3) is 0 Å². The molecule has 0 aliphatic heterocycles. The second-order valence-corrected chi connectivity index (χ2v) is 3.95. The summed E-state index contributed by atoms with van der Waals surface area (Å²) in [6.07, 6.45) is 8.10. The normalized spacial score (nSPS) is 12.5. The molecule has 0 aromatic heterocycles. The van der Waals surface area contributed by atoms with Crippen LogP contribution in [0.3, 0.4) is 0 Å². The molecule has 0 saturated heterocycles. The standard InChI is InChI=1S/C12H20O4/c1-5-7-8-9-11(13)14-16-15-12(3,4)10-6-2/h5,7-9H,6,10H2,1-4H3/b7-5+,9-8+. The van der Waals surface area contributed by atoms with E-state index in [1.807, 2.05) is 27.7 Å². The summed E-state index contributed by atoms with van der Waals surface area (Å²) >= 11 is 0. The van der Waals surface area contributed by atoms with Crippen LogP contribution in [0.2, 0.25) is 0 Å². The summed E-state index contributed by atoms with van der Waals surface area (Å²) in [5.41, 5.74) is -0.456. The van der Waals surface area contributed by atoms with Gasteiger partial charge >= 0.3 is 5.97 Å². The van der Waals surface area contributed by atoms with E-state index in [9.17, 15) is 4.79 Å². The maximum Gasteiger partial charge on any atom is 0.369 e. The van der Waals surface area contributed by atoms with Gasteiger partial charge in [-0.2, -0.15) is 4.89 Å². The molecule has 16 heavy (non-hydrogen) atoms. The fraction of sp³-hybridized carbons (Fsp3) is 0.583. The molecular formula is C12H20O4. The van der Waals surface area contributed by atoms with Crippen molar-refractivity contribution >= 4 is 5.97 Å². The predicted molar refractivity (Wildman–Crippen MR) is 61.2 cm³/mol. The zero-order chi connectivity index (χ0) is 12.4. The Morgan fingerprint density at radius 2 is 2.00 bits per heavy atom. The largest absolute Gasteiger partial charge is 0.369 e. The van der Waals surface area contributed by atoms with Crippen molar-refractivity contribution in [2.75, 3.05) is 0 Å². The third kappa shape index (κ3) is 8.20. The number of hydrogen-bond acceptors (Lipinski definition) is 4. The molecule has 0 heterocycles. The molecule has 0 aliphatic carbocycles. The smallest absolute Gasteiger partial charge is 0.264 e. The molecule has 0 fully saturated rings. The Morgan fingerprint density at radius 1 is 1.31 bits per heavy atom. The Hall–Kier alpha value is -1.13. The highest BCUT2D eigenvalue weighted by Crippen LogP contribution is 2.16. The molecule has 0 spiro atoms. The predicted octanol–water partition coefficient (Wildman–Crippen LogP) is 3.10. The number of rotatable bonds is 7. The summed E-state index contributed by atoms with van der Waals surface area (Å²) in [7, 11) is 0. The molecule has 92 valence electrons. The van der Waals surface area contributed by atoms with Crippen LogP contribution in [0, 0.1) is 0 Å². The van der Waals surface area contributed by atoms with Crippen molar-refractivity contribution in [2.45, 2.75) is 46.1 Å². The topological polar surface area (TPSA) is 44.8 Å². The molecule has 0 saturated carbocycles. The summed E-state index contributed by atoms with van der Waals surface area (Å²) in [5, 5.41) is 4.42. The van der Waals surface area contributed by atoms with E-state index in [1.165, 1.54) is 6.08 Å². The fourth-order valence-corrected chi connectivity index (χ4v) is 1.06. The Bertz CT molecular complexity index is 254. The average Bonchev–Trinajstić information content (AvgIpc) is 2.17. The summed E-state index contributed by atoms with van der Waals surface area (Å²) in [6.45, 7) is 7.61. The molecule has 0 bridgehead atoms. The first kappa shape index (κ1) is 14.9. The van der Waals surface area contributed by atoms with Crippen molar-refractivity contribution in [1.29, 1.82) is 0 Å². The molecule has 0 rings (SSSR count). The van der Waals surface area contributed by atoms with E-state index in [0.717, 1.165) is 12.8 Å². The second-order valence-electron chi connectivity index (χ2n) is 3.95. The van der Waals surface area contributed by atoms with Crippen LogP contribution in [0.1, 0.15) is 40.5 Å². The van der Waals surface area contributed by atoms with Gasteiger partial charge in [0.2, 0.25) is 0 Å². The molecule has 0 aliphatic rings. The lowest BCUT2D eigenvalue weighted by Crippen LogP contribution is -2.24.